The minimum absolute atomic E-state index is 0.0317. The molecular formula is C49H56F2N10O6S. The van der Waals surface area contributed by atoms with Crippen LogP contribution in [0.4, 0.5) is 20.3 Å². The van der Waals surface area contributed by atoms with E-state index in [1.165, 1.54) is 23.4 Å². The van der Waals surface area contributed by atoms with Crippen LogP contribution in [0, 0.1) is 12.3 Å². The molecule has 2 saturated heterocycles. The van der Waals surface area contributed by atoms with Gasteiger partial charge in [0, 0.05) is 86.4 Å². The smallest absolute Gasteiger partial charge is 0.264 e. The summed E-state index contributed by atoms with van der Waals surface area (Å²) in [6.07, 6.45) is 0.886. The zero-order valence-corrected chi connectivity index (χ0v) is 39.6. The standard InChI is InChI=1S/C49H56F2N10O6S/c1-27-43(68-26-55-27)30-10-8-29(9-11-30)19-54-47(65)40-16-34(63)22-60(40)48(66)44(49(3,4)5)56-42(64)18-41-52-20-32(21-53-41)35-15-31-7-6-13-59(39(31)17-36(35)45(50)51)46-37-23-58(28(2)62)14-12-38(37)61(57-46)33-24-67-25-33/h8-11,15,17,20-21,26,33-34,40,44-45,63H,6-7,12-14,16,18-19,22-25H2,1-5H3,(H,54,65)(H,56,64)/t34-,40+,44-/m1/s1. The number of alkyl halides is 2. The molecule has 4 amide bonds. The first-order valence-corrected chi connectivity index (χ1v) is 23.9. The summed E-state index contributed by atoms with van der Waals surface area (Å²) in [5.74, 6) is -0.707. The van der Waals surface area contributed by atoms with Crippen LogP contribution in [0.3, 0.4) is 0 Å². The van der Waals surface area contributed by atoms with Crippen molar-refractivity contribution in [3.63, 3.8) is 0 Å². The lowest BCUT2D eigenvalue weighted by atomic mass is 9.85. The van der Waals surface area contributed by atoms with Gasteiger partial charge in [0.15, 0.2) is 5.82 Å². The van der Waals surface area contributed by atoms with Crippen molar-refractivity contribution < 1.29 is 37.8 Å². The number of rotatable bonds is 12. The number of β-amino-alcohol motifs (C(OH)–C–C–N with tert-alkyl or cyclic N) is 1. The van der Waals surface area contributed by atoms with E-state index in [4.69, 9.17) is 9.84 Å². The van der Waals surface area contributed by atoms with Crippen LogP contribution in [0.1, 0.15) is 92.5 Å². The van der Waals surface area contributed by atoms with Crippen molar-refractivity contribution in [3.8, 4) is 21.6 Å². The van der Waals surface area contributed by atoms with Gasteiger partial charge in [0.1, 0.15) is 17.9 Å². The highest BCUT2D eigenvalue weighted by atomic mass is 32.1. The SMILES string of the molecule is CC(=O)N1CCc2c(c(N3CCCc4cc(-c5cnc(CC(=O)N[C@H](C(=O)N6C[C@H](O)C[C@H]6C(=O)NCc6ccc(-c7scnc7C)cc6)C(C)(C)C)nc5)c(C(F)F)cc43)nn2C2COC2)C1. The Morgan fingerprint density at radius 1 is 1.00 bits per heavy atom. The zero-order valence-electron chi connectivity index (χ0n) is 38.8. The maximum absolute atomic E-state index is 15.0. The maximum Gasteiger partial charge on any atom is 0.264 e. The Bertz CT molecular complexity index is 2720. The average molecular weight is 951 g/mol. The number of aliphatic hydroxyl groups excluding tert-OH is 1. The minimum atomic E-state index is -2.83. The van der Waals surface area contributed by atoms with E-state index in [-0.39, 0.29) is 54.8 Å². The highest BCUT2D eigenvalue weighted by molar-refractivity contribution is 7.13. The van der Waals surface area contributed by atoms with Crippen LogP contribution in [-0.2, 0) is 56.3 Å². The topological polar surface area (TPSA) is 188 Å². The van der Waals surface area contributed by atoms with Gasteiger partial charge in [0.2, 0.25) is 23.6 Å². The Hall–Kier alpha value is -6.18. The maximum atomic E-state index is 15.0. The van der Waals surface area contributed by atoms with Crippen molar-refractivity contribution in [2.75, 3.05) is 37.7 Å². The number of ether oxygens (including phenoxy) is 1. The number of carbonyl (C=O) groups is 4. The molecule has 3 aromatic heterocycles. The first-order valence-electron chi connectivity index (χ1n) is 23.1. The number of likely N-dealkylation sites (tertiary alicyclic amines) is 1. The number of aliphatic hydroxyl groups is 1. The third kappa shape index (κ3) is 9.47. The molecule has 0 saturated carbocycles. The van der Waals surface area contributed by atoms with Gasteiger partial charge in [-0.25, -0.2) is 23.7 Å². The lowest BCUT2D eigenvalue weighted by Gasteiger charge is -2.35. The number of fused-ring (bicyclic) bond motifs is 2. The third-order valence-corrected chi connectivity index (χ3v) is 14.4. The molecule has 0 radical (unpaired) electrons. The van der Waals surface area contributed by atoms with Crippen molar-refractivity contribution >= 4 is 46.5 Å². The van der Waals surface area contributed by atoms with Gasteiger partial charge in [0.05, 0.1) is 54.4 Å². The number of hydrogen-bond donors (Lipinski definition) is 3. The summed E-state index contributed by atoms with van der Waals surface area (Å²) in [5, 5.41) is 21.5. The van der Waals surface area contributed by atoms with E-state index in [1.807, 2.05) is 40.8 Å². The molecule has 9 rings (SSSR count). The number of amides is 4. The Morgan fingerprint density at radius 3 is 2.40 bits per heavy atom. The number of carbonyl (C=O) groups excluding carboxylic acids is 4. The van der Waals surface area contributed by atoms with Crippen molar-refractivity contribution in [3.05, 3.63) is 93.8 Å². The first kappa shape index (κ1) is 46.9. The summed E-state index contributed by atoms with van der Waals surface area (Å²) < 4.78 is 37.6. The zero-order chi connectivity index (χ0) is 48.0. The summed E-state index contributed by atoms with van der Waals surface area (Å²) >= 11 is 1.56. The predicted octanol–water partition coefficient (Wildman–Crippen LogP) is 5.62. The summed E-state index contributed by atoms with van der Waals surface area (Å²) in [6, 6.07) is 9.16. The monoisotopic (exact) mass is 950 g/mol. The van der Waals surface area contributed by atoms with E-state index in [0.29, 0.717) is 62.8 Å². The number of nitrogens with one attached hydrogen (secondary N) is 2. The molecule has 4 aliphatic heterocycles. The number of hydrogen-bond acceptors (Lipinski definition) is 12. The Morgan fingerprint density at radius 2 is 1.75 bits per heavy atom. The van der Waals surface area contributed by atoms with E-state index in [9.17, 15) is 24.3 Å². The highest BCUT2D eigenvalue weighted by Gasteiger charge is 2.45. The number of halogens is 2. The largest absolute Gasteiger partial charge is 0.391 e. The molecule has 68 heavy (non-hydrogen) atoms. The number of aromatic nitrogens is 5. The Kier molecular flexibility index (Phi) is 13.2. The van der Waals surface area contributed by atoms with Crippen LogP contribution in [0.25, 0.3) is 21.6 Å². The normalized spacial score (nSPS) is 18.8. The quantitative estimate of drug-likeness (QED) is 0.141. The van der Waals surface area contributed by atoms with Crippen LogP contribution in [0.5, 0.6) is 0 Å². The van der Waals surface area contributed by atoms with Crippen LogP contribution in [-0.4, -0.2) is 114 Å². The van der Waals surface area contributed by atoms with Crippen molar-refractivity contribution in [1.29, 1.82) is 0 Å². The van der Waals surface area contributed by atoms with Gasteiger partial charge >= 0.3 is 0 Å². The van der Waals surface area contributed by atoms with E-state index in [2.05, 4.69) is 25.6 Å². The molecule has 2 aromatic carbocycles. The molecule has 358 valence electrons. The van der Waals surface area contributed by atoms with E-state index in [0.717, 1.165) is 44.9 Å². The highest BCUT2D eigenvalue weighted by Crippen LogP contribution is 2.43. The molecule has 3 N–H and O–H groups in total. The number of anilines is 2. The molecule has 3 atom stereocenters. The second kappa shape index (κ2) is 19.1. The summed E-state index contributed by atoms with van der Waals surface area (Å²) in [4.78, 5) is 73.2. The van der Waals surface area contributed by atoms with Gasteiger partial charge < -0.3 is 35.2 Å². The lowest BCUT2D eigenvalue weighted by molar-refractivity contribution is -0.144. The van der Waals surface area contributed by atoms with E-state index in [1.54, 1.807) is 55.5 Å². The number of benzene rings is 2. The van der Waals surface area contributed by atoms with Gasteiger partial charge in [-0.3, -0.25) is 23.9 Å². The minimum Gasteiger partial charge on any atom is -0.391 e. The molecule has 0 bridgehead atoms. The summed E-state index contributed by atoms with van der Waals surface area (Å²) in [5.41, 5.74) is 7.77. The van der Waals surface area contributed by atoms with Crippen molar-refractivity contribution in [1.82, 2.24) is 45.2 Å². The van der Waals surface area contributed by atoms with Crippen molar-refractivity contribution in [2.24, 2.45) is 5.41 Å². The van der Waals surface area contributed by atoms with Crippen molar-refractivity contribution in [2.45, 2.75) is 110 Å². The molecule has 16 nitrogen and oxygen atoms in total. The fourth-order valence-corrected chi connectivity index (χ4v) is 10.4. The molecule has 5 aromatic rings. The van der Waals surface area contributed by atoms with Crippen LogP contribution >= 0.6 is 11.3 Å². The van der Waals surface area contributed by atoms with Crippen LogP contribution in [0.2, 0.25) is 0 Å². The van der Waals surface area contributed by atoms with Gasteiger partial charge in [-0.2, -0.15) is 5.10 Å². The van der Waals surface area contributed by atoms with E-state index >= 15 is 8.78 Å². The lowest BCUT2D eigenvalue weighted by Crippen LogP contribution is -2.58. The first-order chi connectivity index (χ1) is 32.5. The molecule has 0 aliphatic carbocycles. The Labute approximate surface area is 397 Å². The van der Waals surface area contributed by atoms with Gasteiger partial charge in [-0.1, -0.05) is 45.0 Å². The molecule has 19 heteroatoms. The molecule has 4 aliphatic rings. The number of aryl methyl sites for hydroxylation is 2. The number of thiazole rings is 1. The molecule has 7 heterocycles. The summed E-state index contributed by atoms with van der Waals surface area (Å²) in [7, 11) is 0. The average Bonchev–Trinajstić information content (AvgIpc) is 4.02. The predicted molar refractivity (Wildman–Crippen MR) is 250 cm³/mol. The van der Waals surface area contributed by atoms with Gasteiger partial charge in [-0.05, 0) is 59.6 Å². The third-order valence-electron chi connectivity index (χ3n) is 13.4. The van der Waals surface area contributed by atoms with Gasteiger partial charge in [0.25, 0.3) is 6.43 Å². The molecule has 0 unspecified atom stereocenters. The Balaban J connectivity index is 0.878. The second-order valence-corrected chi connectivity index (χ2v) is 20.1. The van der Waals surface area contributed by atoms with Crippen LogP contribution in [0.15, 0.2) is 54.3 Å². The number of nitrogens with zero attached hydrogens (tertiary/aromatic N) is 8. The fraction of sp³-hybridized carbons (Fsp3) is 0.469. The molecule has 0 spiro atoms. The van der Waals surface area contributed by atoms with E-state index < -0.39 is 47.7 Å². The van der Waals surface area contributed by atoms with Crippen LogP contribution < -0.4 is 15.5 Å². The second-order valence-electron chi connectivity index (χ2n) is 19.2. The molecule has 2 fully saturated rings. The molecular weight excluding hydrogens is 895 g/mol. The summed E-state index contributed by atoms with van der Waals surface area (Å²) in [6.45, 7) is 11.7. The fourth-order valence-electron chi connectivity index (χ4n) is 9.60. The van der Waals surface area contributed by atoms with Gasteiger partial charge in [-0.15, -0.1) is 11.3 Å².